The smallest absolute Gasteiger partial charge is 0.319 e. The Morgan fingerprint density at radius 3 is 2.50 bits per heavy atom. The summed E-state index contributed by atoms with van der Waals surface area (Å²) in [6, 6.07) is 7.04. The predicted molar refractivity (Wildman–Crippen MR) is 108 cm³/mol. The Morgan fingerprint density at radius 2 is 1.92 bits per heavy atom. The lowest BCUT2D eigenvalue weighted by molar-refractivity contribution is 0.0998. The quantitative estimate of drug-likeness (QED) is 0.614. The first-order chi connectivity index (χ1) is 12.2. The van der Waals surface area contributed by atoms with Crippen molar-refractivity contribution in [3.63, 3.8) is 0 Å². The summed E-state index contributed by atoms with van der Waals surface area (Å²) in [5, 5.41) is 6.95. The summed E-state index contributed by atoms with van der Waals surface area (Å²) >= 11 is 8.30. The van der Waals surface area contributed by atoms with E-state index in [4.69, 9.17) is 17.3 Å². The SMILES string of the molecule is CC(C)(C)CNC(=O)Nc1snc(SCc2ccc(Cl)cc2)c1C(N)=O. The number of benzene rings is 1. The van der Waals surface area contributed by atoms with Crippen LogP contribution < -0.4 is 16.4 Å². The topological polar surface area (TPSA) is 97.1 Å². The largest absolute Gasteiger partial charge is 0.365 e. The van der Waals surface area contributed by atoms with Gasteiger partial charge in [0.25, 0.3) is 5.91 Å². The minimum atomic E-state index is -0.622. The van der Waals surface area contributed by atoms with E-state index >= 15 is 0 Å². The average Bonchev–Trinajstić information content (AvgIpc) is 2.94. The second kappa shape index (κ2) is 8.75. The summed E-state index contributed by atoms with van der Waals surface area (Å²) in [5.41, 5.74) is 6.73. The second-order valence-electron chi connectivity index (χ2n) is 6.84. The van der Waals surface area contributed by atoms with Gasteiger partial charge in [0.1, 0.15) is 15.6 Å². The van der Waals surface area contributed by atoms with E-state index < -0.39 is 5.91 Å². The van der Waals surface area contributed by atoms with Gasteiger partial charge in [-0.25, -0.2) is 4.79 Å². The van der Waals surface area contributed by atoms with Gasteiger partial charge in [-0.05, 0) is 34.6 Å². The van der Waals surface area contributed by atoms with E-state index in [2.05, 4.69) is 15.0 Å². The molecule has 0 saturated carbocycles. The van der Waals surface area contributed by atoms with Crippen molar-refractivity contribution in [2.45, 2.75) is 31.6 Å². The van der Waals surface area contributed by atoms with Crippen LogP contribution in [0, 0.1) is 5.41 Å². The highest BCUT2D eigenvalue weighted by molar-refractivity contribution is 7.98. The van der Waals surface area contributed by atoms with Gasteiger partial charge in [-0.15, -0.1) is 0 Å². The number of anilines is 1. The Bertz CT molecular complexity index is 785. The fourth-order valence-corrected chi connectivity index (χ4v) is 3.95. The summed E-state index contributed by atoms with van der Waals surface area (Å²) in [6.45, 7) is 6.54. The van der Waals surface area contributed by atoms with Crippen LogP contribution in [0.15, 0.2) is 29.3 Å². The Balaban J connectivity index is 2.06. The highest BCUT2D eigenvalue weighted by Gasteiger charge is 2.21. The van der Waals surface area contributed by atoms with E-state index in [1.54, 1.807) is 12.1 Å². The Kier molecular flexibility index (Phi) is 6.91. The van der Waals surface area contributed by atoms with E-state index in [0.717, 1.165) is 17.1 Å². The third kappa shape index (κ3) is 6.19. The number of aromatic nitrogens is 1. The highest BCUT2D eigenvalue weighted by atomic mass is 35.5. The van der Waals surface area contributed by atoms with Crippen molar-refractivity contribution in [1.82, 2.24) is 9.69 Å². The molecule has 2 aromatic rings. The summed E-state index contributed by atoms with van der Waals surface area (Å²) in [6.07, 6.45) is 0. The van der Waals surface area contributed by atoms with Crippen molar-refractivity contribution in [3.8, 4) is 0 Å². The van der Waals surface area contributed by atoms with Gasteiger partial charge >= 0.3 is 6.03 Å². The number of hydrogen-bond acceptors (Lipinski definition) is 5. The monoisotopic (exact) mass is 412 g/mol. The van der Waals surface area contributed by atoms with Gasteiger partial charge in [-0.1, -0.05) is 56.3 Å². The molecule has 26 heavy (non-hydrogen) atoms. The number of halogens is 1. The number of nitrogens with two attached hydrogens (primary N) is 1. The number of rotatable bonds is 6. The van der Waals surface area contributed by atoms with Crippen molar-refractivity contribution in [2.75, 3.05) is 11.9 Å². The maximum atomic E-state index is 12.0. The van der Waals surface area contributed by atoms with Gasteiger partial charge in [-0.2, -0.15) is 4.37 Å². The number of thioether (sulfide) groups is 1. The molecule has 0 bridgehead atoms. The van der Waals surface area contributed by atoms with Gasteiger partial charge in [0.2, 0.25) is 0 Å². The Morgan fingerprint density at radius 1 is 1.27 bits per heavy atom. The summed E-state index contributed by atoms with van der Waals surface area (Å²) < 4.78 is 4.27. The van der Waals surface area contributed by atoms with E-state index in [-0.39, 0.29) is 17.0 Å². The maximum Gasteiger partial charge on any atom is 0.319 e. The zero-order valence-corrected chi connectivity index (χ0v) is 17.1. The van der Waals surface area contributed by atoms with Crippen LogP contribution >= 0.6 is 34.9 Å². The lowest BCUT2D eigenvalue weighted by Gasteiger charge is -2.18. The third-order valence-electron chi connectivity index (χ3n) is 3.20. The van der Waals surface area contributed by atoms with Gasteiger partial charge in [0.05, 0.1) is 0 Å². The second-order valence-corrected chi connectivity index (χ2v) is 9.01. The first-order valence-corrected chi connectivity index (χ1v) is 10.0. The Labute approximate surface area is 166 Å². The van der Waals surface area contributed by atoms with Gasteiger partial charge in [0.15, 0.2) is 0 Å². The van der Waals surface area contributed by atoms with Gasteiger partial charge in [0, 0.05) is 17.3 Å². The van der Waals surface area contributed by atoms with Crippen molar-refractivity contribution in [1.29, 1.82) is 0 Å². The molecule has 140 valence electrons. The standard InChI is InChI=1S/C17H21ClN4O2S2/c1-17(2,3)9-20-16(24)21-14-12(13(19)23)15(22-26-14)25-8-10-4-6-11(18)7-5-10/h4-7H,8-9H2,1-3H3,(H2,19,23)(H2,20,21,24). The van der Waals surface area contributed by atoms with Crippen molar-refractivity contribution in [3.05, 3.63) is 40.4 Å². The van der Waals surface area contributed by atoms with E-state index in [1.807, 2.05) is 32.9 Å². The number of carbonyl (C=O) groups excluding carboxylic acids is 2. The van der Waals surface area contributed by atoms with Crippen LogP contribution in [0.4, 0.5) is 9.80 Å². The van der Waals surface area contributed by atoms with Gasteiger partial charge in [-0.3, -0.25) is 10.1 Å². The zero-order valence-electron chi connectivity index (χ0n) is 14.8. The summed E-state index contributed by atoms with van der Waals surface area (Å²) in [7, 11) is 0. The van der Waals surface area contributed by atoms with E-state index in [1.165, 1.54) is 11.8 Å². The van der Waals surface area contributed by atoms with E-state index in [0.29, 0.717) is 27.3 Å². The number of amides is 3. The molecule has 0 saturated heterocycles. The first-order valence-electron chi connectivity index (χ1n) is 7.87. The molecular formula is C17H21ClN4O2S2. The highest BCUT2D eigenvalue weighted by Crippen LogP contribution is 2.33. The van der Waals surface area contributed by atoms with Crippen LogP contribution in [0.1, 0.15) is 36.7 Å². The molecule has 9 heteroatoms. The van der Waals surface area contributed by atoms with Crippen LogP contribution in [-0.2, 0) is 5.75 Å². The molecule has 4 N–H and O–H groups in total. The summed E-state index contributed by atoms with van der Waals surface area (Å²) in [4.78, 5) is 23.9. The van der Waals surface area contributed by atoms with Crippen molar-refractivity contribution < 1.29 is 9.59 Å². The van der Waals surface area contributed by atoms with Gasteiger partial charge < -0.3 is 11.1 Å². The summed E-state index contributed by atoms with van der Waals surface area (Å²) in [5.74, 6) is -0.0138. The lowest BCUT2D eigenvalue weighted by Crippen LogP contribution is -2.35. The molecule has 6 nitrogen and oxygen atoms in total. The number of nitrogens with zero attached hydrogens (tertiary/aromatic N) is 1. The third-order valence-corrected chi connectivity index (χ3v) is 5.38. The van der Waals surface area contributed by atoms with Crippen LogP contribution in [-0.4, -0.2) is 22.9 Å². The number of urea groups is 1. The predicted octanol–water partition coefficient (Wildman–Crippen LogP) is 4.36. The molecule has 1 heterocycles. The molecule has 0 atom stereocenters. The molecule has 0 radical (unpaired) electrons. The number of carbonyl (C=O) groups is 2. The average molecular weight is 413 g/mol. The number of hydrogen-bond donors (Lipinski definition) is 3. The molecule has 0 spiro atoms. The fourth-order valence-electron chi connectivity index (χ4n) is 1.90. The van der Waals surface area contributed by atoms with Crippen LogP contribution in [0.25, 0.3) is 0 Å². The molecule has 0 aliphatic rings. The molecule has 0 unspecified atom stereocenters. The number of nitrogens with one attached hydrogen (secondary N) is 2. The minimum Gasteiger partial charge on any atom is -0.365 e. The minimum absolute atomic E-state index is 0.0445. The maximum absolute atomic E-state index is 12.0. The van der Waals surface area contributed by atoms with E-state index in [9.17, 15) is 9.59 Å². The molecule has 1 aromatic carbocycles. The van der Waals surface area contributed by atoms with Crippen LogP contribution in [0.5, 0.6) is 0 Å². The fraction of sp³-hybridized carbons (Fsp3) is 0.353. The normalized spacial score (nSPS) is 11.2. The molecule has 0 aliphatic carbocycles. The van der Waals surface area contributed by atoms with Crippen molar-refractivity contribution in [2.24, 2.45) is 11.1 Å². The molecular weight excluding hydrogens is 392 g/mol. The molecule has 3 amide bonds. The van der Waals surface area contributed by atoms with Crippen molar-refractivity contribution >= 4 is 51.8 Å². The molecule has 1 aromatic heterocycles. The lowest BCUT2D eigenvalue weighted by atomic mass is 9.97. The molecule has 0 aliphatic heterocycles. The van der Waals surface area contributed by atoms with Crippen LogP contribution in [0.3, 0.4) is 0 Å². The first kappa shape index (κ1) is 20.5. The van der Waals surface area contributed by atoms with Crippen LogP contribution in [0.2, 0.25) is 5.02 Å². The Hall–Kier alpha value is -1.77. The number of primary amides is 1. The molecule has 2 rings (SSSR count). The molecule has 0 fully saturated rings. The zero-order chi connectivity index (χ0) is 19.3.